The molecule has 0 aliphatic carbocycles. The minimum absolute atomic E-state index is 0.0495. The molecule has 0 bridgehead atoms. The van der Waals surface area contributed by atoms with Gasteiger partial charge in [0, 0.05) is 11.6 Å². The van der Waals surface area contributed by atoms with Crippen LogP contribution < -0.4 is 5.73 Å². The fraction of sp³-hybridized carbons (Fsp3) is 0.455. The maximum absolute atomic E-state index is 9.81. The zero-order valence-corrected chi connectivity index (χ0v) is 8.25. The van der Waals surface area contributed by atoms with Crippen molar-refractivity contribution in [3.8, 4) is 5.75 Å². The molecule has 2 nitrogen and oxygen atoms in total. The Balaban J connectivity index is 3.08. The maximum Gasteiger partial charge on any atom is 0.123 e. The van der Waals surface area contributed by atoms with Gasteiger partial charge >= 0.3 is 0 Å². The van der Waals surface area contributed by atoms with Crippen LogP contribution in [0.15, 0.2) is 18.2 Å². The summed E-state index contributed by atoms with van der Waals surface area (Å²) in [7, 11) is 0. The second kappa shape index (κ2) is 4.28. The number of hydrogen-bond donors (Lipinski definition) is 2. The quantitative estimate of drug-likeness (QED) is 0.748. The third-order valence-electron chi connectivity index (χ3n) is 2.37. The molecule has 0 fully saturated rings. The topological polar surface area (TPSA) is 46.2 Å². The fourth-order valence-corrected chi connectivity index (χ4v) is 1.42. The molecule has 1 aromatic rings. The number of nitrogens with two attached hydrogens (primary N) is 1. The molecule has 3 N–H and O–H groups in total. The van der Waals surface area contributed by atoms with Gasteiger partial charge in [0.25, 0.3) is 0 Å². The second-order valence-electron chi connectivity index (χ2n) is 3.22. The molecule has 2 heteroatoms. The summed E-state index contributed by atoms with van der Waals surface area (Å²) in [5.74, 6) is 0.374. The van der Waals surface area contributed by atoms with Gasteiger partial charge in [-0.25, -0.2) is 0 Å². The van der Waals surface area contributed by atoms with Gasteiger partial charge in [-0.05, 0) is 18.4 Å². The van der Waals surface area contributed by atoms with E-state index in [-0.39, 0.29) is 6.04 Å². The van der Waals surface area contributed by atoms with E-state index >= 15 is 0 Å². The van der Waals surface area contributed by atoms with Gasteiger partial charge in [0.1, 0.15) is 5.75 Å². The van der Waals surface area contributed by atoms with Crippen molar-refractivity contribution in [2.75, 3.05) is 0 Å². The number of phenols is 1. The average Bonchev–Trinajstić information content (AvgIpc) is 2.17. The Hall–Kier alpha value is -1.02. The van der Waals surface area contributed by atoms with Gasteiger partial charge in [-0.3, -0.25) is 0 Å². The molecule has 0 radical (unpaired) electrons. The molecule has 1 aromatic carbocycles. The molecule has 0 saturated carbocycles. The molecule has 0 heterocycles. The van der Waals surface area contributed by atoms with E-state index < -0.39 is 0 Å². The Morgan fingerprint density at radius 3 is 2.62 bits per heavy atom. The van der Waals surface area contributed by atoms with Crippen LogP contribution in [0.5, 0.6) is 5.75 Å². The number of aromatic hydroxyl groups is 1. The van der Waals surface area contributed by atoms with Crippen LogP contribution in [0.4, 0.5) is 0 Å². The Kier molecular flexibility index (Phi) is 3.32. The summed E-state index contributed by atoms with van der Waals surface area (Å²) < 4.78 is 0. The summed E-state index contributed by atoms with van der Waals surface area (Å²) in [6.45, 7) is 4.04. The molecule has 72 valence electrons. The monoisotopic (exact) mass is 179 g/mol. The second-order valence-corrected chi connectivity index (χ2v) is 3.22. The molecule has 13 heavy (non-hydrogen) atoms. The van der Waals surface area contributed by atoms with Crippen molar-refractivity contribution in [3.05, 3.63) is 29.3 Å². The van der Waals surface area contributed by atoms with E-state index in [1.807, 2.05) is 32.0 Å². The van der Waals surface area contributed by atoms with Gasteiger partial charge in [-0.15, -0.1) is 0 Å². The van der Waals surface area contributed by atoms with Crippen molar-refractivity contribution in [2.24, 2.45) is 5.73 Å². The first-order valence-corrected chi connectivity index (χ1v) is 4.77. The van der Waals surface area contributed by atoms with Crippen molar-refractivity contribution >= 4 is 0 Å². The molecule has 0 aromatic heterocycles. The van der Waals surface area contributed by atoms with Crippen molar-refractivity contribution in [2.45, 2.75) is 32.7 Å². The molecular weight excluding hydrogens is 162 g/mol. The maximum atomic E-state index is 9.81. The van der Waals surface area contributed by atoms with Crippen molar-refractivity contribution in [1.82, 2.24) is 0 Å². The number of aryl methyl sites for hydroxylation is 1. The number of benzene rings is 1. The highest BCUT2D eigenvalue weighted by molar-refractivity contribution is 5.41. The van der Waals surface area contributed by atoms with E-state index in [1.165, 1.54) is 0 Å². The van der Waals surface area contributed by atoms with E-state index in [0.717, 1.165) is 24.0 Å². The van der Waals surface area contributed by atoms with Crippen molar-refractivity contribution in [3.63, 3.8) is 0 Å². The normalized spacial score (nSPS) is 12.8. The molecule has 0 amide bonds. The first-order chi connectivity index (χ1) is 6.20. The molecule has 1 atom stereocenters. The Bertz CT molecular complexity index is 283. The van der Waals surface area contributed by atoms with Crippen LogP contribution in [0.1, 0.15) is 37.4 Å². The van der Waals surface area contributed by atoms with Gasteiger partial charge in [0.15, 0.2) is 0 Å². The molecule has 0 saturated heterocycles. The number of phenolic OH excluding ortho intramolecular Hbond substituents is 1. The highest BCUT2D eigenvalue weighted by atomic mass is 16.3. The zero-order valence-electron chi connectivity index (χ0n) is 8.25. The summed E-state index contributed by atoms with van der Waals surface area (Å²) in [5.41, 5.74) is 7.70. The molecule has 1 unspecified atom stereocenters. The van der Waals surface area contributed by atoms with E-state index in [1.54, 1.807) is 0 Å². The minimum atomic E-state index is -0.0495. The van der Waals surface area contributed by atoms with E-state index in [2.05, 4.69) is 0 Å². The third-order valence-corrected chi connectivity index (χ3v) is 2.37. The fourth-order valence-electron chi connectivity index (χ4n) is 1.42. The third kappa shape index (κ3) is 2.01. The van der Waals surface area contributed by atoms with Crippen LogP contribution in [0.25, 0.3) is 0 Å². The first kappa shape index (κ1) is 10.1. The van der Waals surface area contributed by atoms with E-state index in [4.69, 9.17) is 5.73 Å². The smallest absolute Gasteiger partial charge is 0.123 e. The average molecular weight is 179 g/mol. The van der Waals surface area contributed by atoms with Gasteiger partial charge in [-0.1, -0.05) is 32.0 Å². The number of para-hydroxylation sites is 1. The van der Waals surface area contributed by atoms with Crippen LogP contribution in [-0.2, 0) is 6.42 Å². The lowest BCUT2D eigenvalue weighted by atomic mass is 10.00. The lowest BCUT2D eigenvalue weighted by Gasteiger charge is -2.13. The van der Waals surface area contributed by atoms with Gasteiger partial charge in [0.05, 0.1) is 0 Å². The van der Waals surface area contributed by atoms with Gasteiger partial charge < -0.3 is 10.8 Å². The Morgan fingerprint density at radius 2 is 2.08 bits per heavy atom. The highest BCUT2D eigenvalue weighted by Crippen LogP contribution is 2.28. The van der Waals surface area contributed by atoms with Crippen LogP contribution in [0.3, 0.4) is 0 Å². The Labute approximate surface area is 79.4 Å². The predicted octanol–water partition coefficient (Wildman–Crippen LogP) is 2.36. The van der Waals surface area contributed by atoms with Crippen molar-refractivity contribution in [1.29, 1.82) is 0 Å². The number of rotatable bonds is 3. The van der Waals surface area contributed by atoms with Gasteiger partial charge in [-0.2, -0.15) is 0 Å². The summed E-state index contributed by atoms with van der Waals surface area (Å²) in [4.78, 5) is 0. The standard InChI is InChI=1S/C11H17NO/c1-3-8-6-5-7-9(11(8)13)10(12)4-2/h5-7,10,13H,3-4,12H2,1-2H3. The highest BCUT2D eigenvalue weighted by Gasteiger charge is 2.10. The molecule has 1 rings (SSSR count). The SMILES string of the molecule is CCc1cccc(C(N)CC)c1O. The lowest BCUT2D eigenvalue weighted by Crippen LogP contribution is -2.09. The minimum Gasteiger partial charge on any atom is -0.507 e. The molecule has 0 aliphatic heterocycles. The number of hydrogen-bond acceptors (Lipinski definition) is 2. The zero-order chi connectivity index (χ0) is 9.84. The van der Waals surface area contributed by atoms with E-state index in [0.29, 0.717) is 5.75 Å². The molecule has 0 aliphatic rings. The lowest BCUT2D eigenvalue weighted by molar-refractivity contribution is 0.454. The summed E-state index contributed by atoms with van der Waals surface area (Å²) in [6, 6.07) is 5.72. The van der Waals surface area contributed by atoms with Crippen molar-refractivity contribution < 1.29 is 5.11 Å². The predicted molar refractivity (Wildman–Crippen MR) is 54.7 cm³/mol. The van der Waals surface area contributed by atoms with Crippen LogP contribution in [0, 0.1) is 0 Å². The first-order valence-electron chi connectivity index (χ1n) is 4.77. The van der Waals surface area contributed by atoms with Gasteiger partial charge in [0.2, 0.25) is 0 Å². The summed E-state index contributed by atoms with van der Waals surface area (Å²) in [6.07, 6.45) is 1.69. The largest absolute Gasteiger partial charge is 0.507 e. The van der Waals surface area contributed by atoms with Crippen LogP contribution in [-0.4, -0.2) is 5.11 Å². The van der Waals surface area contributed by atoms with Crippen LogP contribution >= 0.6 is 0 Å². The molecular formula is C11H17NO. The van der Waals surface area contributed by atoms with Crippen LogP contribution in [0.2, 0.25) is 0 Å². The molecule has 0 spiro atoms. The van der Waals surface area contributed by atoms with E-state index in [9.17, 15) is 5.11 Å². The Morgan fingerprint density at radius 1 is 1.38 bits per heavy atom. The summed E-state index contributed by atoms with van der Waals surface area (Å²) >= 11 is 0. The summed E-state index contributed by atoms with van der Waals surface area (Å²) in [5, 5.41) is 9.81.